The van der Waals surface area contributed by atoms with Gasteiger partial charge in [-0.25, -0.2) is 8.42 Å². The van der Waals surface area contributed by atoms with Gasteiger partial charge in [-0.1, -0.05) is 35.9 Å². The van der Waals surface area contributed by atoms with E-state index in [9.17, 15) is 13.2 Å². The normalized spacial score (nSPS) is 15.6. The van der Waals surface area contributed by atoms with Crippen molar-refractivity contribution in [2.45, 2.75) is 29.7 Å². The third-order valence-corrected chi connectivity index (χ3v) is 7.84. The van der Waals surface area contributed by atoms with E-state index in [0.29, 0.717) is 17.1 Å². The lowest BCUT2D eigenvalue weighted by atomic mass is 10.1. The molecule has 4 rings (SSSR count). The van der Waals surface area contributed by atoms with Crippen LogP contribution < -0.4 is 14.4 Å². The van der Waals surface area contributed by atoms with Crippen molar-refractivity contribution in [3.63, 3.8) is 0 Å². The highest BCUT2D eigenvalue weighted by molar-refractivity contribution is 7.98. The van der Waals surface area contributed by atoms with Crippen LogP contribution in [0.3, 0.4) is 0 Å². The highest BCUT2D eigenvalue weighted by Crippen LogP contribution is 2.38. The van der Waals surface area contributed by atoms with Crippen molar-refractivity contribution in [2.24, 2.45) is 0 Å². The van der Waals surface area contributed by atoms with Gasteiger partial charge in [0.2, 0.25) is 0 Å². The van der Waals surface area contributed by atoms with E-state index in [1.807, 2.05) is 50.4 Å². The molecular formula is C24H24N2O4S2. The zero-order chi connectivity index (χ0) is 22.9. The molecule has 0 aromatic heterocycles. The van der Waals surface area contributed by atoms with Crippen LogP contribution in [0.15, 0.2) is 76.5 Å². The number of nitrogens with zero attached hydrogens (tertiary/aromatic N) is 1. The fourth-order valence-corrected chi connectivity index (χ4v) is 5.55. The molecule has 1 aliphatic heterocycles. The van der Waals surface area contributed by atoms with Crippen molar-refractivity contribution in [1.82, 2.24) is 0 Å². The SMILES string of the molecule is CSc1ccccc1NC(=O)[C@@H]1CN(S(=O)(=O)c2ccc(C)cc2)c2ccc(C)cc2O1. The van der Waals surface area contributed by atoms with Crippen LogP contribution in [-0.2, 0) is 14.8 Å². The summed E-state index contributed by atoms with van der Waals surface area (Å²) < 4.78 is 34.3. The molecule has 32 heavy (non-hydrogen) atoms. The predicted octanol–water partition coefficient (Wildman–Crippen LogP) is 4.62. The third-order valence-electron chi connectivity index (χ3n) is 5.25. The van der Waals surface area contributed by atoms with Crippen molar-refractivity contribution < 1.29 is 17.9 Å². The molecule has 3 aromatic rings. The van der Waals surface area contributed by atoms with Crippen LogP contribution in [0.5, 0.6) is 5.75 Å². The maximum absolute atomic E-state index is 13.5. The molecule has 0 unspecified atom stereocenters. The number of anilines is 2. The Morgan fingerprint density at radius 1 is 1.03 bits per heavy atom. The number of fused-ring (bicyclic) bond motifs is 1. The molecule has 0 spiro atoms. The summed E-state index contributed by atoms with van der Waals surface area (Å²) in [4.78, 5) is 14.2. The third kappa shape index (κ3) is 4.33. The van der Waals surface area contributed by atoms with Crippen LogP contribution in [0.25, 0.3) is 0 Å². The molecule has 8 heteroatoms. The van der Waals surface area contributed by atoms with E-state index in [-0.39, 0.29) is 11.4 Å². The number of amides is 1. The standard InChI is InChI=1S/C24H24N2O4S2/c1-16-8-11-18(12-9-16)32(28,29)26-15-22(30-21-14-17(2)10-13-20(21)26)24(27)25-19-6-4-5-7-23(19)31-3/h4-14,22H,15H2,1-3H3,(H,25,27)/t22-/m0/s1. The Hall–Kier alpha value is -2.97. The van der Waals surface area contributed by atoms with E-state index >= 15 is 0 Å². The molecular weight excluding hydrogens is 444 g/mol. The average molecular weight is 469 g/mol. The van der Waals surface area contributed by atoms with Gasteiger partial charge in [-0.15, -0.1) is 11.8 Å². The van der Waals surface area contributed by atoms with Crippen molar-refractivity contribution in [3.05, 3.63) is 77.9 Å². The number of hydrogen-bond acceptors (Lipinski definition) is 5. The van der Waals surface area contributed by atoms with Gasteiger partial charge in [0.25, 0.3) is 15.9 Å². The van der Waals surface area contributed by atoms with Crippen LogP contribution in [0.2, 0.25) is 0 Å². The first kappa shape index (κ1) is 22.2. The number of hydrogen-bond donors (Lipinski definition) is 1. The minimum atomic E-state index is -3.89. The van der Waals surface area contributed by atoms with E-state index in [1.54, 1.807) is 36.4 Å². The van der Waals surface area contributed by atoms with Gasteiger partial charge < -0.3 is 10.1 Å². The van der Waals surface area contributed by atoms with E-state index in [2.05, 4.69) is 5.32 Å². The number of carbonyl (C=O) groups is 1. The first-order valence-corrected chi connectivity index (χ1v) is 12.8. The number of para-hydroxylation sites is 1. The number of aryl methyl sites for hydroxylation is 2. The molecule has 0 saturated heterocycles. The molecule has 0 saturated carbocycles. The molecule has 1 atom stereocenters. The van der Waals surface area contributed by atoms with Crippen LogP contribution >= 0.6 is 11.8 Å². The van der Waals surface area contributed by atoms with Crippen LogP contribution in [-0.4, -0.2) is 33.2 Å². The molecule has 6 nitrogen and oxygen atoms in total. The smallest absolute Gasteiger partial charge is 0.267 e. The minimum Gasteiger partial charge on any atom is -0.476 e. The zero-order valence-electron chi connectivity index (χ0n) is 18.0. The van der Waals surface area contributed by atoms with E-state index in [0.717, 1.165) is 16.0 Å². The van der Waals surface area contributed by atoms with E-state index in [1.165, 1.54) is 16.1 Å². The topological polar surface area (TPSA) is 75.7 Å². The number of thioether (sulfide) groups is 1. The Balaban J connectivity index is 1.70. The minimum absolute atomic E-state index is 0.125. The van der Waals surface area contributed by atoms with Gasteiger partial charge in [-0.2, -0.15) is 0 Å². The summed E-state index contributed by atoms with van der Waals surface area (Å²) in [6.07, 6.45) is 0.927. The van der Waals surface area contributed by atoms with Gasteiger partial charge in [-0.3, -0.25) is 9.10 Å². The number of carbonyl (C=O) groups excluding carboxylic acids is 1. The summed E-state index contributed by atoms with van der Waals surface area (Å²) in [6, 6.07) is 19.4. The van der Waals surface area contributed by atoms with Gasteiger partial charge in [-0.05, 0) is 62.1 Å². The van der Waals surface area contributed by atoms with Crippen LogP contribution in [0, 0.1) is 13.8 Å². The van der Waals surface area contributed by atoms with Gasteiger partial charge in [0.15, 0.2) is 6.10 Å². The summed E-state index contributed by atoms with van der Waals surface area (Å²) in [5, 5.41) is 2.89. The summed E-state index contributed by atoms with van der Waals surface area (Å²) in [5.74, 6) is -0.0343. The number of nitrogens with one attached hydrogen (secondary N) is 1. The molecule has 1 heterocycles. The fraction of sp³-hybridized carbons (Fsp3) is 0.208. The lowest BCUT2D eigenvalue weighted by Gasteiger charge is -2.35. The second-order valence-electron chi connectivity index (χ2n) is 7.62. The van der Waals surface area contributed by atoms with Crippen LogP contribution in [0.4, 0.5) is 11.4 Å². The number of benzene rings is 3. The largest absolute Gasteiger partial charge is 0.476 e. The number of sulfonamides is 1. The maximum atomic E-state index is 13.5. The Morgan fingerprint density at radius 2 is 1.72 bits per heavy atom. The van der Waals surface area contributed by atoms with Gasteiger partial charge >= 0.3 is 0 Å². The second kappa shape index (κ2) is 8.88. The molecule has 0 radical (unpaired) electrons. The fourth-order valence-electron chi connectivity index (χ4n) is 3.52. The highest BCUT2D eigenvalue weighted by Gasteiger charge is 2.37. The molecule has 1 N–H and O–H groups in total. The monoisotopic (exact) mass is 468 g/mol. The summed E-state index contributed by atoms with van der Waals surface area (Å²) in [5.41, 5.74) is 2.96. The number of ether oxygens (including phenoxy) is 1. The Kier molecular flexibility index (Phi) is 6.17. The second-order valence-corrected chi connectivity index (χ2v) is 10.3. The Bertz CT molecular complexity index is 1260. The Morgan fingerprint density at radius 3 is 2.44 bits per heavy atom. The van der Waals surface area contributed by atoms with E-state index in [4.69, 9.17) is 4.74 Å². The molecule has 166 valence electrons. The summed E-state index contributed by atoms with van der Waals surface area (Å²) in [6.45, 7) is 3.66. The van der Waals surface area contributed by atoms with E-state index < -0.39 is 22.0 Å². The Labute approximate surface area is 192 Å². The van der Waals surface area contributed by atoms with Gasteiger partial charge in [0, 0.05) is 4.90 Å². The predicted molar refractivity (Wildman–Crippen MR) is 128 cm³/mol. The quantitative estimate of drug-likeness (QED) is 0.553. The lowest BCUT2D eigenvalue weighted by molar-refractivity contribution is -0.122. The zero-order valence-corrected chi connectivity index (χ0v) is 19.7. The maximum Gasteiger partial charge on any atom is 0.267 e. The van der Waals surface area contributed by atoms with Gasteiger partial charge in [0.1, 0.15) is 5.75 Å². The van der Waals surface area contributed by atoms with Crippen molar-refractivity contribution in [2.75, 3.05) is 22.4 Å². The average Bonchev–Trinajstić information content (AvgIpc) is 2.78. The molecule has 3 aromatic carbocycles. The van der Waals surface area contributed by atoms with Crippen LogP contribution in [0.1, 0.15) is 11.1 Å². The first-order chi connectivity index (χ1) is 15.3. The molecule has 0 aliphatic carbocycles. The molecule has 0 fully saturated rings. The molecule has 0 bridgehead atoms. The lowest BCUT2D eigenvalue weighted by Crippen LogP contribution is -2.48. The van der Waals surface area contributed by atoms with Gasteiger partial charge in [0.05, 0.1) is 22.8 Å². The van der Waals surface area contributed by atoms with Crippen molar-refractivity contribution in [1.29, 1.82) is 0 Å². The molecule has 1 aliphatic rings. The highest BCUT2D eigenvalue weighted by atomic mass is 32.2. The van der Waals surface area contributed by atoms with Crippen molar-refractivity contribution >= 4 is 39.1 Å². The summed E-state index contributed by atoms with van der Waals surface area (Å²) >= 11 is 1.52. The molecule has 1 amide bonds. The summed E-state index contributed by atoms with van der Waals surface area (Å²) in [7, 11) is -3.89. The van der Waals surface area contributed by atoms with Crippen molar-refractivity contribution in [3.8, 4) is 5.75 Å². The first-order valence-electron chi connectivity index (χ1n) is 10.1. The number of rotatable bonds is 5.